The maximum atomic E-state index is 12.9. The van der Waals surface area contributed by atoms with Gasteiger partial charge in [-0.15, -0.1) is 0 Å². The Kier molecular flexibility index (Phi) is 3.67. The number of nitrogens with zero attached hydrogens (tertiary/aromatic N) is 1. The Hall–Kier alpha value is -2.56. The van der Waals surface area contributed by atoms with Crippen LogP contribution in [0.3, 0.4) is 0 Å². The number of unbranched alkanes of at least 4 members (excludes halogenated alkanes) is 1. The summed E-state index contributed by atoms with van der Waals surface area (Å²) in [5.74, 6) is 0.852. The van der Waals surface area contributed by atoms with Crippen molar-refractivity contribution in [1.82, 2.24) is 4.90 Å². The summed E-state index contributed by atoms with van der Waals surface area (Å²) in [6, 6.07) is 7.16. The zero-order valence-electron chi connectivity index (χ0n) is 14.7. The molecule has 5 nitrogen and oxygen atoms in total. The van der Waals surface area contributed by atoms with Crippen molar-refractivity contribution in [2.75, 3.05) is 6.54 Å². The molecule has 0 bridgehead atoms. The molecule has 0 fully saturated rings. The van der Waals surface area contributed by atoms with E-state index < -0.39 is 0 Å². The van der Waals surface area contributed by atoms with Crippen LogP contribution in [-0.4, -0.2) is 35.5 Å². The van der Waals surface area contributed by atoms with Crippen LogP contribution < -0.4 is 9.47 Å². The van der Waals surface area contributed by atoms with E-state index in [0.717, 1.165) is 18.2 Å². The van der Waals surface area contributed by atoms with Gasteiger partial charge in [-0.1, -0.05) is 13.3 Å². The molecule has 2 atom stereocenters. The minimum absolute atomic E-state index is 0.125. The summed E-state index contributed by atoms with van der Waals surface area (Å²) in [6.07, 6.45) is 1.47. The highest BCUT2D eigenvalue weighted by atomic mass is 16.5. The van der Waals surface area contributed by atoms with Gasteiger partial charge in [0.2, 0.25) is 0 Å². The van der Waals surface area contributed by atoms with Gasteiger partial charge < -0.3 is 9.47 Å². The number of hydrogen-bond donors (Lipinski definition) is 0. The van der Waals surface area contributed by atoms with Crippen LogP contribution in [0.15, 0.2) is 24.3 Å². The third-order valence-corrected chi connectivity index (χ3v) is 5.06. The van der Waals surface area contributed by atoms with Gasteiger partial charge >= 0.3 is 0 Å². The molecule has 0 N–H and O–H groups in total. The Bertz CT molecular complexity index is 824. The third-order valence-electron chi connectivity index (χ3n) is 5.06. The van der Waals surface area contributed by atoms with Gasteiger partial charge in [-0.3, -0.25) is 14.5 Å². The summed E-state index contributed by atoms with van der Waals surface area (Å²) >= 11 is 0. The molecule has 2 heterocycles. The zero-order chi connectivity index (χ0) is 17.7. The lowest BCUT2D eigenvalue weighted by molar-refractivity contribution is 0.0608. The van der Waals surface area contributed by atoms with Gasteiger partial charge in [0.15, 0.2) is 0 Å². The first-order valence-electron chi connectivity index (χ1n) is 8.82. The predicted octanol–water partition coefficient (Wildman–Crippen LogP) is 3.78. The average Bonchev–Trinajstić information content (AvgIpc) is 2.72. The highest BCUT2D eigenvalue weighted by Gasteiger charge is 2.35. The van der Waals surface area contributed by atoms with E-state index in [1.165, 1.54) is 4.90 Å². The van der Waals surface area contributed by atoms with Gasteiger partial charge in [0, 0.05) is 23.1 Å². The molecule has 0 aliphatic carbocycles. The lowest BCUT2D eigenvalue weighted by atomic mass is 9.92. The average molecular weight is 339 g/mol. The van der Waals surface area contributed by atoms with Crippen LogP contribution in [0.4, 0.5) is 0 Å². The van der Waals surface area contributed by atoms with E-state index in [1.807, 2.05) is 32.9 Å². The second kappa shape index (κ2) is 5.76. The first kappa shape index (κ1) is 15.9. The molecule has 2 aromatic rings. The lowest BCUT2D eigenvalue weighted by Gasteiger charge is -2.27. The number of carbonyl (C=O) groups excluding carboxylic acids is 2. The highest BCUT2D eigenvalue weighted by molar-refractivity contribution is 6.26. The van der Waals surface area contributed by atoms with Gasteiger partial charge in [0.05, 0.1) is 5.39 Å². The normalized spacial score (nSPS) is 21.8. The molecule has 0 aromatic heterocycles. The zero-order valence-corrected chi connectivity index (χ0v) is 14.7. The topological polar surface area (TPSA) is 55.8 Å². The Morgan fingerprint density at radius 3 is 1.88 bits per heavy atom. The minimum atomic E-state index is -0.236. The standard InChI is InChI=1S/C20H21NO4/c1-4-5-10-21-19(22)13-6-8-15-18-16(25-12(3)11(2)24-15)9-7-14(17(13)18)20(21)23/h6-9,11-12H,4-5,10H2,1-3H3. The number of rotatable bonds is 3. The van der Waals surface area contributed by atoms with Gasteiger partial charge in [0.1, 0.15) is 23.7 Å². The van der Waals surface area contributed by atoms with E-state index in [-0.39, 0.29) is 24.0 Å². The molecule has 130 valence electrons. The molecule has 2 aliphatic rings. The van der Waals surface area contributed by atoms with Crippen molar-refractivity contribution in [2.45, 2.75) is 45.8 Å². The molecule has 4 rings (SSSR count). The van der Waals surface area contributed by atoms with Crippen LogP contribution in [0.2, 0.25) is 0 Å². The number of hydrogen-bond acceptors (Lipinski definition) is 4. The molecule has 2 aromatic carbocycles. The van der Waals surface area contributed by atoms with Gasteiger partial charge in [-0.05, 0) is 44.5 Å². The summed E-state index contributed by atoms with van der Waals surface area (Å²) in [4.78, 5) is 27.1. The van der Waals surface area contributed by atoms with Gasteiger partial charge in [-0.25, -0.2) is 0 Å². The van der Waals surface area contributed by atoms with Gasteiger partial charge in [0.25, 0.3) is 11.8 Å². The van der Waals surface area contributed by atoms with E-state index in [1.54, 1.807) is 12.1 Å². The molecule has 5 heteroatoms. The molecule has 2 amide bonds. The summed E-state index contributed by atoms with van der Waals surface area (Å²) in [7, 11) is 0. The van der Waals surface area contributed by atoms with E-state index in [0.29, 0.717) is 34.6 Å². The number of amides is 2. The summed E-state index contributed by atoms with van der Waals surface area (Å²) < 4.78 is 12.0. The summed E-state index contributed by atoms with van der Waals surface area (Å²) in [5, 5.41) is 1.38. The second-order valence-corrected chi connectivity index (χ2v) is 6.73. The van der Waals surface area contributed by atoms with E-state index >= 15 is 0 Å². The van der Waals surface area contributed by atoms with Crippen LogP contribution in [0.1, 0.15) is 54.3 Å². The van der Waals surface area contributed by atoms with Crippen LogP contribution >= 0.6 is 0 Å². The second-order valence-electron chi connectivity index (χ2n) is 6.73. The monoisotopic (exact) mass is 339 g/mol. The van der Waals surface area contributed by atoms with Crippen molar-refractivity contribution in [3.05, 3.63) is 35.4 Å². The summed E-state index contributed by atoms with van der Waals surface area (Å²) in [5.41, 5.74) is 1.08. The number of benzene rings is 2. The maximum absolute atomic E-state index is 12.9. The Morgan fingerprint density at radius 1 is 0.880 bits per heavy atom. The van der Waals surface area contributed by atoms with Crippen molar-refractivity contribution in [3.63, 3.8) is 0 Å². The molecule has 0 radical (unpaired) electrons. The largest absolute Gasteiger partial charge is 0.486 e. The molecule has 2 aliphatic heterocycles. The van der Waals surface area contributed by atoms with Crippen molar-refractivity contribution < 1.29 is 19.1 Å². The van der Waals surface area contributed by atoms with Crippen molar-refractivity contribution in [3.8, 4) is 11.5 Å². The molecule has 25 heavy (non-hydrogen) atoms. The molecular weight excluding hydrogens is 318 g/mol. The van der Waals surface area contributed by atoms with Crippen LogP contribution in [-0.2, 0) is 0 Å². The van der Waals surface area contributed by atoms with Crippen LogP contribution in [0.5, 0.6) is 11.5 Å². The first-order chi connectivity index (χ1) is 12.0. The SMILES string of the molecule is CCCCN1C(=O)c2ccc3c4c(ccc(c24)C1=O)OC(C)C(C)O3. The maximum Gasteiger partial charge on any atom is 0.261 e. The van der Waals surface area contributed by atoms with Crippen LogP contribution in [0.25, 0.3) is 10.8 Å². The fourth-order valence-corrected chi connectivity index (χ4v) is 3.48. The molecule has 0 spiro atoms. The Balaban J connectivity index is 1.95. The van der Waals surface area contributed by atoms with Gasteiger partial charge in [-0.2, -0.15) is 0 Å². The van der Waals surface area contributed by atoms with Crippen molar-refractivity contribution in [2.24, 2.45) is 0 Å². The number of carbonyl (C=O) groups is 2. The molecule has 2 unspecified atom stereocenters. The number of ether oxygens (including phenoxy) is 2. The van der Waals surface area contributed by atoms with Crippen molar-refractivity contribution in [1.29, 1.82) is 0 Å². The first-order valence-corrected chi connectivity index (χ1v) is 8.82. The van der Waals surface area contributed by atoms with Crippen LogP contribution in [0, 0.1) is 0 Å². The third kappa shape index (κ3) is 2.29. The van der Waals surface area contributed by atoms with E-state index in [4.69, 9.17) is 9.47 Å². The summed E-state index contributed by atoms with van der Waals surface area (Å²) in [6.45, 7) is 6.38. The van der Waals surface area contributed by atoms with E-state index in [2.05, 4.69) is 0 Å². The minimum Gasteiger partial charge on any atom is -0.486 e. The fraction of sp³-hybridized carbons (Fsp3) is 0.400. The predicted molar refractivity (Wildman–Crippen MR) is 94.4 cm³/mol. The smallest absolute Gasteiger partial charge is 0.261 e. The highest BCUT2D eigenvalue weighted by Crippen LogP contribution is 2.43. The van der Waals surface area contributed by atoms with E-state index in [9.17, 15) is 9.59 Å². The Labute approximate surface area is 146 Å². The lowest BCUT2D eigenvalue weighted by Crippen LogP contribution is -2.40. The van der Waals surface area contributed by atoms with Crippen molar-refractivity contribution >= 4 is 22.6 Å². The molecular formula is C20H21NO4. The fourth-order valence-electron chi connectivity index (χ4n) is 3.48. The Morgan fingerprint density at radius 2 is 1.40 bits per heavy atom. The molecule has 0 saturated carbocycles. The number of imide groups is 1. The molecule has 0 saturated heterocycles. The quantitative estimate of drug-likeness (QED) is 0.799.